The van der Waals surface area contributed by atoms with Gasteiger partial charge in [0, 0.05) is 18.6 Å². The summed E-state index contributed by atoms with van der Waals surface area (Å²) in [5.41, 5.74) is 5.44. The Morgan fingerprint density at radius 3 is 3.12 bits per heavy atom. The van der Waals surface area contributed by atoms with E-state index < -0.39 is 0 Å². The molecule has 2 fully saturated rings. The highest BCUT2D eigenvalue weighted by atomic mass is 16.5. The molecule has 0 aromatic heterocycles. The fourth-order valence-electron chi connectivity index (χ4n) is 2.94. The lowest BCUT2D eigenvalue weighted by Crippen LogP contribution is -2.49. The number of carbonyl (C=O) groups is 1. The molecule has 1 amide bonds. The van der Waals surface area contributed by atoms with Crippen molar-refractivity contribution in [3.05, 3.63) is 0 Å². The van der Waals surface area contributed by atoms with Crippen LogP contribution in [0.5, 0.6) is 0 Å². The van der Waals surface area contributed by atoms with Crippen LogP contribution < -0.4 is 11.1 Å². The summed E-state index contributed by atoms with van der Waals surface area (Å²) in [5.74, 6) is -0.179. The Balaban J connectivity index is 1.85. The predicted molar refractivity (Wildman–Crippen MR) is 65.6 cm³/mol. The monoisotopic (exact) mass is 241 g/mol. The highest BCUT2D eigenvalue weighted by molar-refractivity contribution is 5.80. The van der Waals surface area contributed by atoms with Crippen molar-refractivity contribution >= 4 is 5.91 Å². The molecule has 0 aromatic rings. The van der Waals surface area contributed by atoms with Gasteiger partial charge in [-0.3, -0.25) is 9.69 Å². The van der Waals surface area contributed by atoms with Gasteiger partial charge >= 0.3 is 0 Å². The van der Waals surface area contributed by atoms with Crippen LogP contribution in [0.4, 0.5) is 0 Å². The normalized spacial score (nSPS) is 32.5. The molecule has 5 nitrogen and oxygen atoms in total. The van der Waals surface area contributed by atoms with Gasteiger partial charge in [-0.2, -0.15) is 0 Å². The van der Waals surface area contributed by atoms with Crippen LogP contribution in [-0.2, 0) is 9.53 Å². The fraction of sp³-hybridized carbons (Fsp3) is 0.917. The molecular formula is C12H23N3O2. The van der Waals surface area contributed by atoms with E-state index in [-0.39, 0.29) is 11.9 Å². The highest BCUT2D eigenvalue weighted by Crippen LogP contribution is 2.22. The molecule has 0 saturated carbocycles. The molecule has 3 unspecified atom stereocenters. The first kappa shape index (κ1) is 12.8. The number of carbonyl (C=O) groups excluding carboxylic acids is 1. The number of hydrogen-bond acceptors (Lipinski definition) is 4. The van der Waals surface area contributed by atoms with Crippen LogP contribution in [-0.4, -0.2) is 55.2 Å². The van der Waals surface area contributed by atoms with Crippen molar-refractivity contribution in [1.82, 2.24) is 10.2 Å². The molecule has 3 N–H and O–H groups in total. The third-order valence-electron chi connectivity index (χ3n) is 3.81. The van der Waals surface area contributed by atoms with E-state index >= 15 is 0 Å². The van der Waals surface area contributed by atoms with Gasteiger partial charge in [-0.15, -0.1) is 0 Å². The van der Waals surface area contributed by atoms with Crippen LogP contribution in [0.15, 0.2) is 0 Å². The zero-order valence-corrected chi connectivity index (χ0v) is 10.5. The minimum atomic E-state index is -0.179. The summed E-state index contributed by atoms with van der Waals surface area (Å²) in [6, 6.07) is 0.733. The van der Waals surface area contributed by atoms with E-state index in [2.05, 4.69) is 17.1 Å². The van der Waals surface area contributed by atoms with Gasteiger partial charge in [-0.05, 0) is 32.7 Å². The number of primary amides is 1. The summed E-state index contributed by atoms with van der Waals surface area (Å²) in [4.78, 5) is 13.6. The molecule has 2 heterocycles. The first-order valence-electron chi connectivity index (χ1n) is 6.54. The molecular weight excluding hydrogens is 218 g/mol. The Labute approximate surface area is 103 Å². The lowest BCUT2D eigenvalue weighted by molar-refractivity contribution is -0.123. The summed E-state index contributed by atoms with van der Waals surface area (Å²) in [7, 11) is 0. The van der Waals surface area contributed by atoms with Crippen LogP contribution in [0.2, 0.25) is 0 Å². The first-order valence-corrected chi connectivity index (χ1v) is 6.54. The van der Waals surface area contributed by atoms with E-state index in [4.69, 9.17) is 10.5 Å². The smallest absolute Gasteiger partial charge is 0.234 e. The first-order chi connectivity index (χ1) is 8.18. The van der Waals surface area contributed by atoms with Crippen LogP contribution in [0.3, 0.4) is 0 Å². The molecule has 0 radical (unpaired) electrons. The van der Waals surface area contributed by atoms with Crippen LogP contribution >= 0.6 is 0 Å². The summed E-state index contributed by atoms with van der Waals surface area (Å²) in [5, 5.41) is 3.45. The van der Waals surface area contributed by atoms with E-state index in [1.807, 2.05) is 0 Å². The van der Waals surface area contributed by atoms with Gasteiger partial charge in [-0.25, -0.2) is 0 Å². The van der Waals surface area contributed by atoms with Crippen molar-refractivity contribution in [2.24, 2.45) is 5.73 Å². The van der Waals surface area contributed by atoms with Crippen molar-refractivity contribution in [2.45, 2.75) is 44.3 Å². The van der Waals surface area contributed by atoms with Crippen molar-refractivity contribution in [1.29, 1.82) is 0 Å². The maximum atomic E-state index is 11.3. The number of nitrogens with zero attached hydrogens (tertiary/aromatic N) is 1. The van der Waals surface area contributed by atoms with Crippen molar-refractivity contribution in [3.8, 4) is 0 Å². The number of amides is 1. The highest BCUT2D eigenvalue weighted by Gasteiger charge is 2.33. The Hall–Kier alpha value is -0.650. The van der Waals surface area contributed by atoms with E-state index in [0.717, 1.165) is 45.6 Å². The number of nitrogens with two attached hydrogens (primary N) is 1. The SMILES string of the molecule is CC(CC1COCCN1)N1CCCC1C(N)=O. The van der Waals surface area contributed by atoms with Crippen LogP contribution in [0, 0.1) is 0 Å². The lowest BCUT2D eigenvalue weighted by Gasteiger charge is -2.33. The topological polar surface area (TPSA) is 67.6 Å². The Morgan fingerprint density at radius 1 is 1.65 bits per heavy atom. The van der Waals surface area contributed by atoms with E-state index in [0.29, 0.717) is 12.1 Å². The Morgan fingerprint density at radius 2 is 2.47 bits per heavy atom. The average Bonchev–Trinajstić information content (AvgIpc) is 2.79. The molecule has 3 atom stereocenters. The number of rotatable bonds is 4. The maximum absolute atomic E-state index is 11.3. The molecule has 2 aliphatic rings. The number of hydrogen-bond donors (Lipinski definition) is 2. The zero-order chi connectivity index (χ0) is 12.3. The molecule has 0 aliphatic carbocycles. The third-order valence-corrected chi connectivity index (χ3v) is 3.81. The second-order valence-electron chi connectivity index (χ2n) is 5.11. The summed E-state index contributed by atoms with van der Waals surface area (Å²) in [6.45, 7) is 5.68. The minimum absolute atomic E-state index is 0.0606. The molecule has 0 bridgehead atoms. The Bertz CT molecular complexity index is 266. The average molecular weight is 241 g/mol. The van der Waals surface area contributed by atoms with Gasteiger partial charge in [0.05, 0.1) is 19.3 Å². The van der Waals surface area contributed by atoms with Crippen molar-refractivity contribution in [2.75, 3.05) is 26.3 Å². The van der Waals surface area contributed by atoms with Crippen molar-refractivity contribution in [3.63, 3.8) is 0 Å². The molecule has 17 heavy (non-hydrogen) atoms. The van der Waals surface area contributed by atoms with Crippen LogP contribution in [0.1, 0.15) is 26.2 Å². The largest absolute Gasteiger partial charge is 0.379 e. The summed E-state index contributed by atoms with van der Waals surface area (Å²) in [6.07, 6.45) is 3.00. The van der Waals surface area contributed by atoms with Gasteiger partial charge in [0.25, 0.3) is 0 Å². The molecule has 0 spiro atoms. The quantitative estimate of drug-likeness (QED) is 0.709. The second-order valence-corrected chi connectivity index (χ2v) is 5.11. The number of ether oxygens (including phenoxy) is 1. The summed E-state index contributed by atoms with van der Waals surface area (Å²) >= 11 is 0. The molecule has 5 heteroatoms. The van der Waals surface area contributed by atoms with Crippen molar-refractivity contribution < 1.29 is 9.53 Å². The van der Waals surface area contributed by atoms with Gasteiger partial charge in [0.2, 0.25) is 5.91 Å². The fourth-order valence-corrected chi connectivity index (χ4v) is 2.94. The van der Waals surface area contributed by atoms with Gasteiger partial charge in [-0.1, -0.05) is 0 Å². The molecule has 2 aliphatic heterocycles. The molecule has 2 saturated heterocycles. The van der Waals surface area contributed by atoms with Gasteiger partial charge in [0.1, 0.15) is 0 Å². The lowest BCUT2D eigenvalue weighted by atomic mass is 10.1. The third kappa shape index (κ3) is 3.18. The molecule has 98 valence electrons. The van der Waals surface area contributed by atoms with Gasteiger partial charge in [0.15, 0.2) is 0 Å². The van der Waals surface area contributed by atoms with E-state index in [1.165, 1.54) is 0 Å². The second kappa shape index (κ2) is 5.80. The molecule has 2 rings (SSSR count). The Kier molecular flexibility index (Phi) is 4.36. The van der Waals surface area contributed by atoms with Gasteiger partial charge < -0.3 is 15.8 Å². The maximum Gasteiger partial charge on any atom is 0.234 e. The number of nitrogens with one attached hydrogen (secondary N) is 1. The predicted octanol–water partition coefficient (Wildman–Crippen LogP) is -0.297. The number of morpholine rings is 1. The minimum Gasteiger partial charge on any atom is -0.379 e. The van der Waals surface area contributed by atoms with Crippen LogP contribution in [0.25, 0.3) is 0 Å². The van der Waals surface area contributed by atoms with E-state index in [9.17, 15) is 4.79 Å². The van der Waals surface area contributed by atoms with E-state index in [1.54, 1.807) is 0 Å². The summed E-state index contributed by atoms with van der Waals surface area (Å²) < 4.78 is 5.45. The molecule has 0 aromatic carbocycles. The number of likely N-dealkylation sites (tertiary alicyclic amines) is 1. The standard InChI is InChI=1S/C12H23N3O2/c1-9(7-10-8-17-6-4-14-10)15-5-2-3-11(15)12(13)16/h9-11,14H,2-8H2,1H3,(H2,13,16). The zero-order valence-electron chi connectivity index (χ0n) is 10.5.